The van der Waals surface area contributed by atoms with Gasteiger partial charge in [-0.05, 0) is 33.8 Å². The third kappa shape index (κ3) is 3.46. The molecule has 22 heavy (non-hydrogen) atoms. The van der Waals surface area contributed by atoms with Gasteiger partial charge >= 0.3 is 0 Å². The van der Waals surface area contributed by atoms with Gasteiger partial charge in [0.15, 0.2) is 0 Å². The summed E-state index contributed by atoms with van der Waals surface area (Å²) >= 11 is 0. The lowest BCUT2D eigenvalue weighted by Crippen LogP contribution is -2.43. The first-order valence-electron chi connectivity index (χ1n) is 7.90. The highest BCUT2D eigenvalue weighted by atomic mass is 16.2. The van der Waals surface area contributed by atoms with Crippen molar-refractivity contribution >= 4 is 5.91 Å². The van der Waals surface area contributed by atoms with Gasteiger partial charge in [-0.3, -0.25) is 4.79 Å². The second-order valence-electron chi connectivity index (χ2n) is 6.70. The summed E-state index contributed by atoms with van der Waals surface area (Å²) in [6.45, 7) is 9.90. The van der Waals surface area contributed by atoms with Crippen molar-refractivity contribution in [3.05, 3.63) is 35.9 Å². The van der Waals surface area contributed by atoms with E-state index >= 15 is 0 Å². The fraction of sp³-hybridized carbons (Fsp3) is 0.588. The molecule has 0 aromatic carbocycles. The molecule has 0 radical (unpaired) electrons. The second kappa shape index (κ2) is 6.46. The van der Waals surface area contributed by atoms with Gasteiger partial charge in [0, 0.05) is 50.5 Å². The van der Waals surface area contributed by atoms with Gasteiger partial charge in [-0.25, -0.2) is 0 Å². The molecular weight excluding hydrogens is 276 g/mol. The summed E-state index contributed by atoms with van der Waals surface area (Å²) in [4.78, 5) is 21.2. The highest BCUT2D eigenvalue weighted by Gasteiger charge is 2.26. The molecule has 0 unspecified atom stereocenters. The molecule has 2 aliphatic heterocycles. The van der Waals surface area contributed by atoms with E-state index in [4.69, 9.17) is 0 Å². The fourth-order valence-electron chi connectivity index (χ4n) is 3.02. The standard InChI is InChI=1S/C17H28N4O/c1-13(2)21(14(3)4)17(22)15-9-16(11-19(6)10-15)20-8-7-18(5)12-20/h7-10,13-14H,11-12H2,1-6H3. The third-order valence-electron chi connectivity index (χ3n) is 3.93. The first kappa shape index (κ1) is 16.5. The molecule has 0 saturated heterocycles. The maximum atomic E-state index is 12.9. The van der Waals surface area contributed by atoms with Crippen molar-refractivity contribution in [3.63, 3.8) is 0 Å². The summed E-state index contributed by atoms with van der Waals surface area (Å²) in [5, 5.41) is 0. The molecule has 0 spiro atoms. The molecule has 0 atom stereocenters. The molecule has 2 aliphatic rings. The first-order chi connectivity index (χ1) is 10.3. The predicted molar refractivity (Wildman–Crippen MR) is 89.5 cm³/mol. The van der Waals surface area contributed by atoms with Crippen molar-refractivity contribution < 1.29 is 4.79 Å². The highest BCUT2D eigenvalue weighted by molar-refractivity contribution is 5.96. The lowest BCUT2D eigenvalue weighted by molar-refractivity contribution is -0.130. The molecule has 2 heterocycles. The van der Waals surface area contributed by atoms with E-state index in [1.165, 1.54) is 0 Å². The lowest BCUT2D eigenvalue weighted by atomic mass is 10.1. The Morgan fingerprint density at radius 1 is 1.09 bits per heavy atom. The van der Waals surface area contributed by atoms with Crippen molar-refractivity contribution in [1.29, 1.82) is 0 Å². The molecule has 0 aromatic heterocycles. The normalized spacial score (nSPS) is 18.3. The van der Waals surface area contributed by atoms with Gasteiger partial charge in [0.25, 0.3) is 5.91 Å². The zero-order chi connectivity index (χ0) is 16.4. The summed E-state index contributed by atoms with van der Waals surface area (Å²) in [5.74, 6) is 0.102. The molecule has 1 amide bonds. The SMILES string of the molecule is CC(C)N(C(=O)C1=CN(C)CC(N2C=CN(C)C2)=C1)C(C)C. The zero-order valence-corrected chi connectivity index (χ0v) is 14.6. The Morgan fingerprint density at radius 3 is 2.23 bits per heavy atom. The van der Waals surface area contributed by atoms with Gasteiger partial charge in [0.1, 0.15) is 0 Å². The third-order valence-corrected chi connectivity index (χ3v) is 3.93. The summed E-state index contributed by atoms with van der Waals surface area (Å²) in [7, 11) is 4.06. The molecule has 0 fully saturated rings. The van der Waals surface area contributed by atoms with Gasteiger partial charge in [0.2, 0.25) is 0 Å². The largest absolute Gasteiger partial charge is 0.374 e. The molecule has 5 heteroatoms. The van der Waals surface area contributed by atoms with Gasteiger partial charge in [-0.2, -0.15) is 0 Å². The minimum atomic E-state index is 0.102. The molecule has 2 rings (SSSR count). The van der Waals surface area contributed by atoms with Gasteiger partial charge < -0.3 is 19.6 Å². The van der Waals surface area contributed by atoms with Gasteiger partial charge in [0.05, 0.1) is 18.8 Å². The predicted octanol–water partition coefficient (Wildman–Crippen LogP) is 2.02. The molecule has 0 bridgehead atoms. The van der Waals surface area contributed by atoms with Crippen LogP contribution in [-0.4, -0.2) is 64.9 Å². The van der Waals surface area contributed by atoms with Crippen molar-refractivity contribution in [2.24, 2.45) is 0 Å². The number of carbonyl (C=O) groups is 1. The number of rotatable bonds is 4. The quantitative estimate of drug-likeness (QED) is 0.795. The van der Waals surface area contributed by atoms with Crippen LogP contribution in [0.5, 0.6) is 0 Å². The van der Waals surface area contributed by atoms with E-state index in [1.54, 1.807) is 0 Å². The summed E-state index contributed by atoms with van der Waals surface area (Å²) in [5.41, 5.74) is 1.91. The number of nitrogens with zero attached hydrogens (tertiary/aromatic N) is 4. The highest BCUT2D eigenvalue weighted by Crippen LogP contribution is 2.22. The molecule has 5 nitrogen and oxygen atoms in total. The van der Waals surface area contributed by atoms with Crippen LogP contribution in [0.15, 0.2) is 35.9 Å². The Bertz CT molecular complexity index is 511. The number of hydrogen-bond donors (Lipinski definition) is 0. The zero-order valence-electron chi connectivity index (χ0n) is 14.6. The van der Waals surface area contributed by atoms with Gasteiger partial charge in [-0.1, -0.05) is 0 Å². The summed E-state index contributed by atoms with van der Waals surface area (Å²) in [6.07, 6.45) is 8.10. The van der Waals surface area contributed by atoms with Crippen molar-refractivity contribution in [3.8, 4) is 0 Å². The van der Waals surface area contributed by atoms with E-state index in [9.17, 15) is 4.79 Å². The van der Waals surface area contributed by atoms with Crippen molar-refractivity contribution in [2.45, 2.75) is 39.8 Å². The van der Waals surface area contributed by atoms with Crippen LogP contribution in [0, 0.1) is 0 Å². The van der Waals surface area contributed by atoms with Crippen molar-refractivity contribution in [2.75, 3.05) is 27.3 Å². The Morgan fingerprint density at radius 2 is 1.73 bits per heavy atom. The topological polar surface area (TPSA) is 30.0 Å². The number of carbonyl (C=O) groups excluding carboxylic acids is 1. The van der Waals surface area contributed by atoms with E-state index in [-0.39, 0.29) is 18.0 Å². The lowest BCUT2D eigenvalue weighted by Gasteiger charge is -2.34. The monoisotopic (exact) mass is 304 g/mol. The fourth-order valence-corrected chi connectivity index (χ4v) is 3.02. The molecule has 0 N–H and O–H groups in total. The van der Waals surface area contributed by atoms with E-state index in [1.807, 2.05) is 31.3 Å². The summed E-state index contributed by atoms with van der Waals surface area (Å²) in [6, 6.07) is 0.380. The smallest absolute Gasteiger partial charge is 0.255 e. The number of amides is 1. The van der Waals surface area contributed by atoms with Gasteiger partial charge in [-0.15, -0.1) is 0 Å². The maximum Gasteiger partial charge on any atom is 0.255 e. The summed E-state index contributed by atoms with van der Waals surface area (Å²) < 4.78 is 0. The molecule has 0 aromatic rings. The van der Waals surface area contributed by atoms with Crippen LogP contribution in [0.2, 0.25) is 0 Å². The average molecular weight is 304 g/mol. The van der Waals surface area contributed by atoms with E-state index in [0.29, 0.717) is 0 Å². The first-order valence-corrected chi connectivity index (χ1v) is 7.90. The molecular formula is C17H28N4O. The maximum absolute atomic E-state index is 12.9. The molecule has 122 valence electrons. The number of likely N-dealkylation sites (N-methyl/N-ethyl adjacent to an activating group) is 1. The van der Waals surface area contributed by atoms with E-state index in [0.717, 1.165) is 24.5 Å². The minimum Gasteiger partial charge on any atom is -0.374 e. The van der Waals surface area contributed by atoms with Crippen LogP contribution < -0.4 is 0 Å². The second-order valence-corrected chi connectivity index (χ2v) is 6.70. The van der Waals surface area contributed by atoms with Crippen LogP contribution in [0.4, 0.5) is 0 Å². The Kier molecular flexibility index (Phi) is 4.84. The van der Waals surface area contributed by atoms with E-state index in [2.05, 4.69) is 54.8 Å². The van der Waals surface area contributed by atoms with E-state index < -0.39 is 0 Å². The van der Waals surface area contributed by atoms with Crippen LogP contribution in [0.3, 0.4) is 0 Å². The average Bonchev–Trinajstić information content (AvgIpc) is 2.83. The molecule has 0 aliphatic carbocycles. The van der Waals surface area contributed by atoms with Crippen LogP contribution in [-0.2, 0) is 4.79 Å². The number of hydrogen-bond acceptors (Lipinski definition) is 4. The Labute approximate surface area is 134 Å². The Hall–Kier alpha value is -1.91. The molecule has 0 saturated carbocycles. The minimum absolute atomic E-state index is 0.102. The Balaban J connectivity index is 2.23. The van der Waals surface area contributed by atoms with Crippen LogP contribution >= 0.6 is 0 Å². The van der Waals surface area contributed by atoms with Crippen LogP contribution in [0.1, 0.15) is 27.7 Å². The van der Waals surface area contributed by atoms with Crippen LogP contribution in [0.25, 0.3) is 0 Å². The van der Waals surface area contributed by atoms with Crippen molar-refractivity contribution in [1.82, 2.24) is 19.6 Å².